The van der Waals surface area contributed by atoms with Crippen molar-refractivity contribution >= 4 is 5.91 Å². The van der Waals surface area contributed by atoms with E-state index in [-0.39, 0.29) is 30.2 Å². The molecule has 8 nitrogen and oxygen atoms in total. The summed E-state index contributed by atoms with van der Waals surface area (Å²) in [7, 11) is 0. The lowest BCUT2D eigenvalue weighted by molar-refractivity contribution is 0.0612. The Morgan fingerprint density at radius 3 is 2.86 bits per heavy atom. The first-order valence-corrected chi connectivity index (χ1v) is 10.3. The van der Waals surface area contributed by atoms with Crippen LogP contribution in [0.5, 0.6) is 0 Å². The predicted molar refractivity (Wildman–Crippen MR) is 98.8 cm³/mol. The Bertz CT molecular complexity index is 799. The number of aromatic nitrogens is 3. The zero-order valence-electron chi connectivity index (χ0n) is 15.8. The number of amides is 1. The fourth-order valence-electron chi connectivity index (χ4n) is 4.73. The third-order valence-electron chi connectivity index (χ3n) is 6.21. The molecule has 1 aliphatic carbocycles. The molecule has 3 fully saturated rings. The SMILES string of the molecule is O=C(NC1COC2C1OCC2n1cc(CC2CCCCC2)nn1)c1ccco1. The summed E-state index contributed by atoms with van der Waals surface area (Å²) in [6.45, 7) is 0.927. The summed E-state index contributed by atoms with van der Waals surface area (Å²) in [6, 6.07) is 3.13. The first-order chi connectivity index (χ1) is 13.8. The van der Waals surface area contributed by atoms with Crippen LogP contribution in [0.1, 0.15) is 54.4 Å². The molecule has 1 N–H and O–H groups in total. The summed E-state index contributed by atoms with van der Waals surface area (Å²) in [5, 5.41) is 11.7. The molecule has 1 amide bonds. The molecule has 2 aromatic heterocycles. The minimum absolute atomic E-state index is 0.0110. The number of carbonyl (C=O) groups excluding carboxylic acids is 1. The molecular formula is C20H26N4O4. The van der Waals surface area contributed by atoms with Gasteiger partial charge in [-0.2, -0.15) is 0 Å². The number of hydrogen-bond acceptors (Lipinski definition) is 6. The minimum atomic E-state index is -0.248. The number of carbonyl (C=O) groups is 1. The zero-order valence-corrected chi connectivity index (χ0v) is 15.8. The molecular weight excluding hydrogens is 360 g/mol. The highest BCUT2D eigenvalue weighted by atomic mass is 16.6. The molecule has 4 heterocycles. The highest BCUT2D eigenvalue weighted by Crippen LogP contribution is 2.34. The summed E-state index contributed by atoms with van der Waals surface area (Å²) in [6.07, 6.45) is 10.8. The van der Waals surface area contributed by atoms with E-state index < -0.39 is 0 Å². The summed E-state index contributed by atoms with van der Waals surface area (Å²) >= 11 is 0. The van der Waals surface area contributed by atoms with Crippen molar-refractivity contribution in [3.05, 3.63) is 36.0 Å². The van der Waals surface area contributed by atoms with Gasteiger partial charge in [0, 0.05) is 6.20 Å². The van der Waals surface area contributed by atoms with Crippen LogP contribution in [0.15, 0.2) is 29.0 Å². The molecule has 150 valence electrons. The second kappa shape index (κ2) is 7.67. The standard InChI is InChI=1S/C20H26N4O4/c25-20(17-7-4-8-26-17)21-15-11-27-19-16(12-28-18(15)19)24-10-14(22-23-24)9-13-5-2-1-3-6-13/h4,7-8,10,13,15-16,18-19H,1-3,5-6,9,11-12H2,(H,21,25). The van der Waals surface area contributed by atoms with Gasteiger partial charge in [-0.05, 0) is 24.5 Å². The molecule has 2 aliphatic heterocycles. The Morgan fingerprint density at radius 1 is 1.18 bits per heavy atom. The largest absolute Gasteiger partial charge is 0.459 e. The fourth-order valence-corrected chi connectivity index (χ4v) is 4.73. The maximum absolute atomic E-state index is 12.3. The number of nitrogens with zero attached hydrogens (tertiary/aromatic N) is 3. The molecule has 28 heavy (non-hydrogen) atoms. The predicted octanol–water partition coefficient (Wildman–Crippen LogP) is 2.13. The van der Waals surface area contributed by atoms with Gasteiger partial charge in [-0.1, -0.05) is 37.3 Å². The van der Waals surface area contributed by atoms with Crippen LogP contribution in [0.4, 0.5) is 0 Å². The van der Waals surface area contributed by atoms with E-state index in [0.29, 0.717) is 19.0 Å². The lowest BCUT2D eigenvalue weighted by Gasteiger charge is -2.20. The molecule has 5 rings (SSSR count). The lowest BCUT2D eigenvalue weighted by atomic mass is 9.86. The van der Waals surface area contributed by atoms with Gasteiger partial charge >= 0.3 is 0 Å². The van der Waals surface area contributed by atoms with E-state index >= 15 is 0 Å². The summed E-state index contributed by atoms with van der Waals surface area (Å²) < 4.78 is 19.0. The van der Waals surface area contributed by atoms with Gasteiger partial charge in [0.1, 0.15) is 18.2 Å². The Balaban J connectivity index is 1.21. The zero-order chi connectivity index (χ0) is 18.9. The van der Waals surface area contributed by atoms with Crippen LogP contribution < -0.4 is 5.32 Å². The number of fused-ring (bicyclic) bond motifs is 1. The van der Waals surface area contributed by atoms with E-state index in [2.05, 4.69) is 15.6 Å². The lowest BCUT2D eigenvalue weighted by Crippen LogP contribution is -2.44. The maximum Gasteiger partial charge on any atom is 0.287 e. The maximum atomic E-state index is 12.3. The van der Waals surface area contributed by atoms with E-state index in [0.717, 1.165) is 18.0 Å². The van der Waals surface area contributed by atoms with Crippen molar-refractivity contribution < 1.29 is 18.7 Å². The van der Waals surface area contributed by atoms with Crippen LogP contribution in [0.3, 0.4) is 0 Å². The van der Waals surface area contributed by atoms with E-state index in [9.17, 15) is 4.79 Å². The second-order valence-electron chi connectivity index (χ2n) is 8.12. The van der Waals surface area contributed by atoms with Crippen LogP contribution in [0, 0.1) is 5.92 Å². The van der Waals surface area contributed by atoms with Gasteiger partial charge in [-0.3, -0.25) is 4.79 Å². The Labute approximate surface area is 163 Å². The van der Waals surface area contributed by atoms with Gasteiger partial charge in [0.25, 0.3) is 5.91 Å². The van der Waals surface area contributed by atoms with Crippen LogP contribution in [-0.4, -0.2) is 52.4 Å². The van der Waals surface area contributed by atoms with Crippen molar-refractivity contribution in [2.45, 2.75) is 62.8 Å². The number of nitrogens with one attached hydrogen (secondary N) is 1. The van der Waals surface area contributed by atoms with E-state index in [4.69, 9.17) is 13.9 Å². The number of ether oxygens (including phenoxy) is 2. The van der Waals surface area contributed by atoms with Gasteiger partial charge in [0.15, 0.2) is 5.76 Å². The fraction of sp³-hybridized carbons (Fsp3) is 0.650. The average molecular weight is 386 g/mol. The van der Waals surface area contributed by atoms with Gasteiger partial charge < -0.3 is 19.2 Å². The third kappa shape index (κ3) is 3.46. The molecule has 4 atom stereocenters. The molecule has 2 aromatic rings. The van der Waals surface area contributed by atoms with Crippen molar-refractivity contribution in [3.8, 4) is 0 Å². The summed E-state index contributed by atoms with van der Waals surface area (Å²) in [5.74, 6) is 0.777. The van der Waals surface area contributed by atoms with E-state index in [1.807, 2.05) is 10.9 Å². The van der Waals surface area contributed by atoms with Crippen LogP contribution in [0.25, 0.3) is 0 Å². The third-order valence-corrected chi connectivity index (χ3v) is 6.21. The van der Waals surface area contributed by atoms with Crippen molar-refractivity contribution in [1.82, 2.24) is 20.3 Å². The average Bonchev–Trinajstić information content (AvgIpc) is 3.49. The summed E-state index contributed by atoms with van der Waals surface area (Å²) in [5.41, 5.74) is 1.05. The normalized spacial score (nSPS) is 30.4. The molecule has 4 unspecified atom stereocenters. The smallest absolute Gasteiger partial charge is 0.287 e. The quantitative estimate of drug-likeness (QED) is 0.846. The summed E-state index contributed by atoms with van der Waals surface area (Å²) in [4.78, 5) is 12.3. The topological polar surface area (TPSA) is 91.4 Å². The second-order valence-corrected chi connectivity index (χ2v) is 8.12. The number of furan rings is 1. The van der Waals surface area contributed by atoms with Crippen molar-refractivity contribution in [2.24, 2.45) is 5.92 Å². The molecule has 3 aliphatic rings. The van der Waals surface area contributed by atoms with Crippen molar-refractivity contribution in [3.63, 3.8) is 0 Å². The van der Waals surface area contributed by atoms with E-state index in [1.54, 1.807) is 12.1 Å². The van der Waals surface area contributed by atoms with E-state index in [1.165, 1.54) is 38.4 Å². The Hall–Kier alpha value is -2.19. The van der Waals surface area contributed by atoms with Crippen molar-refractivity contribution in [2.75, 3.05) is 13.2 Å². The molecule has 8 heteroatoms. The number of rotatable bonds is 5. The first-order valence-electron chi connectivity index (χ1n) is 10.3. The monoisotopic (exact) mass is 386 g/mol. The van der Waals surface area contributed by atoms with Gasteiger partial charge in [-0.25, -0.2) is 4.68 Å². The van der Waals surface area contributed by atoms with Gasteiger partial charge in [0.05, 0.1) is 31.2 Å². The highest BCUT2D eigenvalue weighted by molar-refractivity contribution is 5.91. The van der Waals surface area contributed by atoms with Gasteiger partial charge in [-0.15, -0.1) is 5.10 Å². The molecule has 2 saturated heterocycles. The first kappa shape index (κ1) is 17.9. The molecule has 0 aromatic carbocycles. The van der Waals surface area contributed by atoms with Crippen LogP contribution in [0.2, 0.25) is 0 Å². The highest BCUT2D eigenvalue weighted by Gasteiger charge is 2.49. The molecule has 1 saturated carbocycles. The Morgan fingerprint density at radius 2 is 2.04 bits per heavy atom. The van der Waals surface area contributed by atoms with Crippen molar-refractivity contribution in [1.29, 1.82) is 0 Å². The van der Waals surface area contributed by atoms with Crippen LogP contribution in [-0.2, 0) is 15.9 Å². The van der Waals surface area contributed by atoms with Gasteiger partial charge in [0.2, 0.25) is 0 Å². The minimum Gasteiger partial charge on any atom is -0.459 e. The number of hydrogen-bond donors (Lipinski definition) is 1. The van der Waals surface area contributed by atoms with Crippen LogP contribution >= 0.6 is 0 Å². The molecule has 0 spiro atoms. The Kier molecular flexibility index (Phi) is 4.90. The molecule has 0 bridgehead atoms. The molecule has 0 radical (unpaired) electrons.